The standard InChI is InChI=1S/C11H16N2O4S/c1-3-17-10(15)6-12-11-13-8(7-18-11)4-5-9(14)16-2/h7H,3-6H2,1-2H3,(H,12,13). The zero-order chi connectivity index (χ0) is 13.4. The SMILES string of the molecule is CCOC(=O)CNc1nc(CCC(=O)OC)cs1. The van der Waals surface area contributed by atoms with Crippen LogP contribution in [-0.4, -0.2) is 37.2 Å². The lowest BCUT2D eigenvalue weighted by Gasteiger charge is -2.01. The Labute approximate surface area is 109 Å². The van der Waals surface area contributed by atoms with E-state index in [1.54, 1.807) is 6.92 Å². The van der Waals surface area contributed by atoms with Crippen LogP contribution < -0.4 is 5.32 Å². The van der Waals surface area contributed by atoms with Crippen molar-refractivity contribution < 1.29 is 19.1 Å². The van der Waals surface area contributed by atoms with Crippen LogP contribution in [0.1, 0.15) is 19.0 Å². The van der Waals surface area contributed by atoms with Crippen molar-refractivity contribution in [3.63, 3.8) is 0 Å². The van der Waals surface area contributed by atoms with Gasteiger partial charge >= 0.3 is 11.9 Å². The fraction of sp³-hybridized carbons (Fsp3) is 0.545. The molecule has 1 N–H and O–H groups in total. The fourth-order valence-electron chi connectivity index (χ4n) is 1.19. The van der Waals surface area contributed by atoms with E-state index in [0.717, 1.165) is 5.69 Å². The zero-order valence-corrected chi connectivity index (χ0v) is 11.2. The Bertz CT molecular complexity index is 406. The van der Waals surface area contributed by atoms with Crippen molar-refractivity contribution in [3.05, 3.63) is 11.1 Å². The molecule has 0 spiro atoms. The third kappa shape index (κ3) is 5.13. The number of carbonyl (C=O) groups excluding carboxylic acids is 2. The highest BCUT2D eigenvalue weighted by Crippen LogP contribution is 2.16. The number of esters is 2. The van der Waals surface area contributed by atoms with Gasteiger partial charge in [0.1, 0.15) is 6.54 Å². The number of rotatable bonds is 7. The van der Waals surface area contributed by atoms with Crippen molar-refractivity contribution in [2.24, 2.45) is 0 Å². The van der Waals surface area contributed by atoms with E-state index in [1.165, 1.54) is 18.4 Å². The molecule has 1 aromatic rings. The Morgan fingerprint density at radius 3 is 2.89 bits per heavy atom. The van der Waals surface area contributed by atoms with Gasteiger partial charge in [-0.1, -0.05) is 0 Å². The first kappa shape index (κ1) is 14.4. The molecule has 0 aromatic carbocycles. The van der Waals surface area contributed by atoms with Crippen LogP contribution in [0.5, 0.6) is 0 Å². The number of methoxy groups -OCH3 is 1. The van der Waals surface area contributed by atoms with Gasteiger partial charge < -0.3 is 14.8 Å². The minimum Gasteiger partial charge on any atom is -0.469 e. The van der Waals surface area contributed by atoms with Crippen molar-refractivity contribution >= 4 is 28.4 Å². The number of ether oxygens (including phenoxy) is 2. The summed E-state index contributed by atoms with van der Waals surface area (Å²) < 4.78 is 9.32. The number of aryl methyl sites for hydroxylation is 1. The predicted octanol–water partition coefficient (Wildman–Crippen LogP) is 1.22. The maximum Gasteiger partial charge on any atom is 0.325 e. The molecule has 100 valence electrons. The molecule has 1 rings (SSSR count). The van der Waals surface area contributed by atoms with Crippen LogP contribution in [-0.2, 0) is 25.5 Å². The summed E-state index contributed by atoms with van der Waals surface area (Å²) in [4.78, 5) is 26.3. The fourth-order valence-corrected chi connectivity index (χ4v) is 1.94. The van der Waals surface area contributed by atoms with Gasteiger partial charge in [0.2, 0.25) is 0 Å². The lowest BCUT2D eigenvalue weighted by Crippen LogP contribution is -2.16. The maximum absolute atomic E-state index is 11.1. The van der Waals surface area contributed by atoms with E-state index in [4.69, 9.17) is 4.74 Å². The summed E-state index contributed by atoms with van der Waals surface area (Å²) in [5, 5.41) is 5.35. The van der Waals surface area contributed by atoms with Gasteiger partial charge in [-0.15, -0.1) is 11.3 Å². The quantitative estimate of drug-likeness (QED) is 0.752. The summed E-state index contributed by atoms with van der Waals surface area (Å²) in [5.74, 6) is -0.576. The summed E-state index contributed by atoms with van der Waals surface area (Å²) >= 11 is 1.39. The van der Waals surface area contributed by atoms with Crippen molar-refractivity contribution in [1.29, 1.82) is 0 Å². The molecule has 0 saturated heterocycles. The molecular weight excluding hydrogens is 256 g/mol. The molecule has 0 radical (unpaired) electrons. The first-order chi connectivity index (χ1) is 8.65. The molecule has 0 aliphatic carbocycles. The molecular formula is C11H16N2O4S. The highest BCUT2D eigenvalue weighted by Gasteiger charge is 2.07. The first-order valence-electron chi connectivity index (χ1n) is 5.56. The summed E-state index contributed by atoms with van der Waals surface area (Å²) in [7, 11) is 1.36. The van der Waals surface area contributed by atoms with E-state index in [2.05, 4.69) is 15.0 Å². The van der Waals surface area contributed by atoms with Crippen LogP contribution in [0.4, 0.5) is 5.13 Å². The van der Waals surface area contributed by atoms with E-state index < -0.39 is 0 Å². The zero-order valence-electron chi connectivity index (χ0n) is 10.4. The summed E-state index contributed by atoms with van der Waals surface area (Å²) in [5.41, 5.74) is 0.803. The van der Waals surface area contributed by atoms with Gasteiger partial charge in [0.15, 0.2) is 5.13 Å². The van der Waals surface area contributed by atoms with Gasteiger partial charge in [-0.2, -0.15) is 0 Å². The molecule has 1 aromatic heterocycles. The molecule has 0 aliphatic rings. The Morgan fingerprint density at radius 2 is 2.22 bits per heavy atom. The first-order valence-corrected chi connectivity index (χ1v) is 6.44. The molecule has 6 nitrogen and oxygen atoms in total. The lowest BCUT2D eigenvalue weighted by molar-refractivity contribution is -0.141. The van der Waals surface area contributed by atoms with E-state index in [1.807, 2.05) is 5.38 Å². The smallest absolute Gasteiger partial charge is 0.325 e. The minimum absolute atomic E-state index is 0.0950. The van der Waals surface area contributed by atoms with E-state index in [-0.39, 0.29) is 18.5 Å². The lowest BCUT2D eigenvalue weighted by atomic mass is 10.2. The average Bonchev–Trinajstić information content (AvgIpc) is 2.82. The Balaban J connectivity index is 2.34. The monoisotopic (exact) mass is 272 g/mol. The molecule has 0 saturated carbocycles. The van der Waals surface area contributed by atoms with Crippen molar-refractivity contribution in [3.8, 4) is 0 Å². The number of nitrogens with one attached hydrogen (secondary N) is 1. The van der Waals surface area contributed by atoms with Crippen LogP contribution >= 0.6 is 11.3 Å². The third-order valence-electron chi connectivity index (χ3n) is 2.05. The van der Waals surface area contributed by atoms with Gasteiger partial charge in [-0.05, 0) is 6.92 Å². The molecule has 0 aliphatic heterocycles. The Morgan fingerprint density at radius 1 is 1.44 bits per heavy atom. The number of hydrogen-bond acceptors (Lipinski definition) is 7. The van der Waals surface area contributed by atoms with Crippen molar-refractivity contribution in [1.82, 2.24) is 4.98 Å². The molecule has 0 bridgehead atoms. The van der Waals surface area contributed by atoms with Gasteiger partial charge in [0.05, 0.1) is 25.8 Å². The van der Waals surface area contributed by atoms with Crippen LogP contribution in [0.15, 0.2) is 5.38 Å². The second-order valence-corrected chi connectivity index (χ2v) is 4.24. The van der Waals surface area contributed by atoms with E-state index >= 15 is 0 Å². The topological polar surface area (TPSA) is 77.5 Å². The van der Waals surface area contributed by atoms with Gasteiger partial charge in [-0.25, -0.2) is 4.98 Å². The average molecular weight is 272 g/mol. The predicted molar refractivity (Wildman–Crippen MR) is 67.6 cm³/mol. The molecule has 0 unspecified atom stereocenters. The molecule has 1 heterocycles. The Kier molecular flexibility index (Phi) is 6.13. The second kappa shape index (κ2) is 7.65. The molecule has 7 heteroatoms. The van der Waals surface area contributed by atoms with Crippen LogP contribution in [0.3, 0.4) is 0 Å². The van der Waals surface area contributed by atoms with E-state index in [9.17, 15) is 9.59 Å². The number of carbonyl (C=O) groups is 2. The maximum atomic E-state index is 11.1. The Hall–Kier alpha value is -1.63. The highest BCUT2D eigenvalue weighted by atomic mass is 32.1. The normalized spacial score (nSPS) is 9.89. The van der Waals surface area contributed by atoms with Gasteiger partial charge in [-0.3, -0.25) is 9.59 Å². The van der Waals surface area contributed by atoms with Gasteiger partial charge in [0.25, 0.3) is 0 Å². The number of nitrogens with zero attached hydrogens (tertiary/aromatic N) is 1. The largest absolute Gasteiger partial charge is 0.469 e. The summed E-state index contributed by atoms with van der Waals surface area (Å²) in [6.07, 6.45) is 0.835. The molecule has 0 fully saturated rings. The molecule has 18 heavy (non-hydrogen) atoms. The number of anilines is 1. The molecule has 0 atom stereocenters. The van der Waals surface area contributed by atoms with Crippen LogP contribution in [0.25, 0.3) is 0 Å². The number of aromatic nitrogens is 1. The van der Waals surface area contributed by atoms with E-state index in [0.29, 0.717) is 24.6 Å². The van der Waals surface area contributed by atoms with Crippen LogP contribution in [0.2, 0.25) is 0 Å². The van der Waals surface area contributed by atoms with Crippen molar-refractivity contribution in [2.45, 2.75) is 19.8 Å². The third-order valence-corrected chi connectivity index (χ3v) is 2.90. The number of hydrogen-bond donors (Lipinski definition) is 1. The van der Waals surface area contributed by atoms with Crippen molar-refractivity contribution in [2.75, 3.05) is 25.6 Å². The highest BCUT2D eigenvalue weighted by molar-refractivity contribution is 7.13. The van der Waals surface area contributed by atoms with Gasteiger partial charge in [0, 0.05) is 11.8 Å². The minimum atomic E-state index is -0.316. The molecule has 0 amide bonds. The summed E-state index contributed by atoms with van der Waals surface area (Å²) in [6.45, 7) is 2.22. The number of thiazole rings is 1. The second-order valence-electron chi connectivity index (χ2n) is 3.38. The summed E-state index contributed by atoms with van der Waals surface area (Å²) in [6, 6.07) is 0. The van der Waals surface area contributed by atoms with Crippen LogP contribution in [0, 0.1) is 0 Å².